The number of hydrogen-bond acceptors (Lipinski definition) is 5. The molecule has 1 aliphatic rings. The van der Waals surface area contributed by atoms with Gasteiger partial charge in [0, 0.05) is 25.7 Å². The molecule has 0 aromatic heterocycles. The standard InChI is InChI=1S/C18H29N3O4S.HI/c1-3-19-18(21-16-9-12-26(22,23)14-16)20-10-4-11-25-13-15-5-7-17(24-2)8-6-15;/h5-8,16H,3-4,9-14H2,1-2H3,(H2,19,20,21);1H. The Kier molecular flexibility index (Phi) is 11.0. The number of nitrogens with zero attached hydrogens (tertiary/aromatic N) is 1. The highest BCUT2D eigenvalue weighted by Gasteiger charge is 2.28. The van der Waals surface area contributed by atoms with Crippen molar-refractivity contribution >= 4 is 39.8 Å². The number of guanidine groups is 1. The van der Waals surface area contributed by atoms with Crippen molar-refractivity contribution in [1.82, 2.24) is 10.6 Å². The summed E-state index contributed by atoms with van der Waals surface area (Å²) in [6.45, 7) is 4.52. The summed E-state index contributed by atoms with van der Waals surface area (Å²) in [6.07, 6.45) is 1.44. The molecule has 9 heteroatoms. The summed E-state index contributed by atoms with van der Waals surface area (Å²) in [7, 11) is -1.25. The second-order valence-electron chi connectivity index (χ2n) is 6.26. The SMILES string of the molecule is CCNC(=NCCCOCc1ccc(OC)cc1)NC1CCS(=O)(=O)C1.I. The summed E-state index contributed by atoms with van der Waals surface area (Å²) in [5, 5.41) is 6.36. The molecular formula is C18H30IN3O4S. The molecule has 0 saturated carbocycles. The summed E-state index contributed by atoms with van der Waals surface area (Å²) >= 11 is 0. The molecule has 1 aromatic rings. The van der Waals surface area contributed by atoms with Gasteiger partial charge < -0.3 is 20.1 Å². The summed E-state index contributed by atoms with van der Waals surface area (Å²) in [5.41, 5.74) is 1.10. The lowest BCUT2D eigenvalue weighted by atomic mass is 10.2. The molecule has 1 unspecified atom stereocenters. The van der Waals surface area contributed by atoms with Gasteiger partial charge in [-0.1, -0.05) is 12.1 Å². The van der Waals surface area contributed by atoms with Gasteiger partial charge in [-0.3, -0.25) is 4.99 Å². The molecule has 0 aliphatic carbocycles. The van der Waals surface area contributed by atoms with Crippen LogP contribution in [0.2, 0.25) is 0 Å². The van der Waals surface area contributed by atoms with Gasteiger partial charge >= 0.3 is 0 Å². The Morgan fingerprint density at radius 2 is 2.04 bits per heavy atom. The van der Waals surface area contributed by atoms with Crippen molar-refractivity contribution in [3.05, 3.63) is 29.8 Å². The first-order valence-corrected chi connectivity index (χ1v) is 10.8. The predicted molar refractivity (Wildman–Crippen MR) is 119 cm³/mol. The van der Waals surface area contributed by atoms with E-state index < -0.39 is 9.84 Å². The Balaban J connectivity index is 0.00000364. The lowest BCUT2D eigenvalue weighted by Gasteiger charge is -2.15. The number of hydrogen-bond donors (Lipinski definition) is 2. The number of rotatable bonds is 9. The van der Waals surface area contributed by atoms with Gasteiger partial charge in [0.1, 0.15) is 5.75 Å². The molecule has 1 aliphatic heterocycles. The minimum absolute atomic E-state index is 0. The quantitative estimate of drug-likeness (QED) is 0.228. The number of ether oxygens (including phenoxy) is 2. The van der Waals surface area contributed by atoms with E-state index in [0.717, 1.165) is 24.3 Å². The van der Waals surface area contributed by atoms with E-state index in [1.54, 1.807) is 7.11 Å². The van der Waals surface area contributed by atoms with Gasteiger partial charge in [0.25, 0.3) is 0 Å². The first kappa shape index (κ1) is 24.0. The summed E-state index contributed by atoms with van der Waals surface area (Å²) in [5.74, 6) is 1.94. The van der Waals surface area contributed by atoms with Crippen molar-refractivity contribution in [2.45, 2.75) is 32.4 Å². The van der Waals surface area contributed by atoms with Crippen molar-refractivity contribution in [1.29, 1.82) is 0 Å². The third kappa shape index (κ3) is 9.11. The van der Waals surface area contributed by atoms with Crippen LogP contribution in [0.4, 0.5) is 0 Å². The van der Waals surface area contributed by atoms with E-state index in [4.69, 9.17) is 9.47 Å². The third-order valence-electron chi connectivity index (χ3n) is 4.06. The zero-order valence-corrected chi connectivity index (χ0v) is 19.1. The number of benzene rings is 1. The second kappa shape index (κ2) is 12.4. The van der Waals surface area contributed by atoms with Crippen LogP contribution in [-0.2, 0) is 21.2 Å². The van der Waals surface area contributed by atoms with Crippen LogP contribution in [0.5, 0.6) is 5.75 Å². The molecular weight excluding hydrogens is 481 g/mol. The Morgan fingerprint density at radius 3 is 2.63 bits per heavy atom. The van der Waals surface area contributed by atoms with Gasteiger partial charge in [0.15, 0.2) is 15.8 Å². The molecule has 154 valence electrons. The van der Waals surface area contributed by atoms with Crippen LogP contribution in [0.1, 0.15) is 25.3 Å². The van der Waals surface area contributed by atoms with E-state index in [1.165, 1.54) is 0 Å². The number of nitrogens with one attached hydrogen (secondary N) is 2. The maximum atomic E-state index is 11.5. The van der Waals surface area contributed by atoms with Crippen molar-refractivity contribution in [2.24, 2.45) is 4.99 Å². The Bertz CT molecular complexity index is 680. The lowest BCUT2D eigenvalue weighted by molar-refractivity contribution is 0.120. The Morgan fingerprint density at radius 1 is 1.30 bits per heavy atom. The molecule has 0 bridgehead atoms. The maximum absolute atomic E-state index is 11.5. The average molecular weight is 511 g/mol. The molecule has 0 spiro atoms. The molecule has 1 saturated heterocycles. The minimum atomic E-state index is -2.89. The van der Waals surface area contributed by atoms with Crippen LogP contribution in [0.15, 0.2) is 29.3 Å². The smallest absolute Gasteiger partial charge is 0.191 e. The van der Waals surface area contributed by atoms with E-state index >= 15 is 0 Å². The zero-order chi connectivity index (χ0) is 18.8. The molecule has 2 N–H and O–H groups in total. The topological polar surface area (TPSA) is 89.0 Å². The molecule has 0 amide bonds. The van der Waals surface area contributed by atoms with E-state index in [0.29, 0.717) is 32.1 Å². The van der Waals surface area contributed by atoms with Gasteiger partial charge in [-0.2, -0.15) is 0 Å². The summed E-state index contributed by atoms with van der Waals surface area (Å²) in [4.78, 5) is 4.50. The van der Waals surface area contributed by atoms with E-state index in [2.05, 4.69) is 15.6 Å². The summed E-state index contributed by atoms with van der Waals surface area (Å²) < 4.78 is 33.9. The van der Waals surface area contributed by atoms with Crippen LogP contribution in [0, 0.1) is 0 Å². The van der Waals surface area contributed by atoms with Gasteiger partial charge in [-0.05, 0) is 37.5 Å². The molecule has 1 aromatic carbocycles. The number of halogens is 1. The monoisotopic (exact) mass is 511 g/mol. The fourth-order valence-corrected chi connectivity index (χ4v) is 4.36. The second-order valence-corrected chi connectivity index (χ2v) is 8.49. The van der Waals surface area contributed by atoms with Crippen LogP contribution in [-0.4, -0.2) is 58.7 Å². The van der Waals surface area contributed by atoms with Crippen molar-refractivity contribution in [3.8, 4) is 5.75 Å². The molecule has 0 radical (unpaired) electrons. The van der Waals surface area contributed by atoms with E-state index in [-0.39, 0.29) is 41.5 Å². The number of aliphatic imine (C=N–C) groups is 1. The average Bonchev–Trinajstić information content (AvgIpc) is 2.97. The van der Waals surface area contributed by atoms with Gasteiger partial charge in [-0.25, -0.2) is 8.42 Å². The van der Waals surface area contributed by atoms with E-state index in [9.17, 15) is 8.42 Å². The van der Waals surface area contributed by atoms with Crippen LogP contribution < -0.4 is 15.4 Å². The fraction of sp³-hybridized carbons (Fsp3) is 0.611. The lowest BCUT2D eigenvalue weighted by Crippen LogP contribution is -2.44. The van der Waals surface area contributed by atoms with Crippen LogP contribution >= 0.6 is 24.0 Å². The van der Waals surface area contributed by atoms with E-state index in [1.807, 2.05) is 31.2 Å². The Labute approximate surface area is 179 Å². The fourth-order valence-electron chi connectivity index (χ4n) is 2.69. The number of sulfone groups is 1. The van der Waals surface area contributed by atoms with Crippen LogP contribution in [0.25, 0.3) is 0 Å². The van der Waals surface area contributed by atoms with Gasteiger partial charge in [0.2, 0.25) is 0 Å². The van der Waals surface area contributed by atoms with Gasteiger partial charge in [-0.15, -0.1) is 24.0 Å². The highest BCUT2D eigenvalue weighted by atomic mass is 127. The van der Waals surface area contributed by atoms with Crippen molar-refractivity contribution < 1.29 is 17.9 Å². The number of methoxy groups -OCH3 is 1. The highest BCUT2D eigenvalue weighted by Crippen LogP contribution is 2.12. The molecule has 7 nitrogen and oxygen atoms in total. The third-order valence-corrected chi connectivity index (χ3v) is 5.83. The normalized spacial score (nSPS) is 18.6. The molecule has 27 heavy (non-hydrogen) atoms. The molecule has 1 atom stereocenters. The minimum Gasteiger partial charge on any atom is -0.497 e. The largest absolute Gasteiger partial charge is 0.497 e. The van der Waals surface area contributed by atoms with Crippen LogP contribution in [0.3, 0.4) is 0 Å². The predicted octanol–water partition coefficient (Wildman–Crippen LogP) is 1.96. The first-order chi connectivity index (χ1) is 12.5. The molecule has 1 heterocycles. The molecule has 1 fully saturated rings. The van der Waals surface area contributed by atoms with Crippen molar-refractivity contribution in [2.75, 3.05) is 38.3 Å². The highest BCUT2D eigenvalue weighted by molar-refractivity contribution is 14.0. The molecule has 2 rings (SSSR count). The van der Waals surface area contributed by atoms with Gasteiger partial charge in [0.05, 0.1) is 25.2 Å². The van der Waals surface area contributed by atoms with Crippen molar-refractivity contribution in [3.63, 3.8) is 0 Å². The first-order valence-electron chi connectivity index (χ1n) is 8.98. The zero-order valence-electron chi connectivity index (χ0n) is 15.9. The Hall–Kier alpha value is -1.07. The summed E-state index contributed by atoms with van der Waals surface area (Å²) in [6, 6.07) is 7.75. The maximum Gasteiger partial charge on any atom is 0.191 e.